The van der Waals surface area contributed by atoms with Gasteiger partial charge in [-0.05, 0) is 20.9 Å². The van der Waals surface area contributed by atoms with Gasteiger partial charge in [0.15, 0.2) is 5.78 Å². The number of thioether (sulfide) groups is 1. The molecule has 3 nitrogen and oxygen atoms in total. The Morgan fingerprint density at radius 3 is 2.11 bits per heavy atom. The molecule has 1 aliphatic rings. The summed E-state index contributed by atoms with van der Waals surface area (Å²) in [5, 5.41) is 3.02. The van der Waals surface area contributed by atoms with E-state index in [9.17, 15) is 9.59 Å². The highest BCUT2D eigenvalue weighted by molar-refractivity contribution is 8.00. The number of hydrogen-bond acceptors (Lipinski definition) is 4. The lowest BCUT2D eigenvalue weighted by atomic mass is 10.1. The number of carbonyl (C=O) groups is 2. The first-order valence-electron chi connectivity index (χ1n) is 6.91. The molecule has 3 unspecified atom stereocenters. The zero-order valence-electron chi connectivity index (χ0n) is 12.9. The summed E-state index contributed by atoms with van der Waals surface area (Å²) >= 11 is 1.60. The highest BCUT2D eigenvalue weighted by Crippen LogP contribution is 2.28. The van der Waals surface area contributed by atoms with Crippen molar-refractivity contribution in [2.24, 2.45) is 5.92 Å². The second kappa shape index (κ2) is 11.7. The van der Waals surface area contributed by atoms with Crippen molar-refractivity contribution < 1.29 is 9.59 Å². The molecule has 18 heavy (non-hydrogen) atoms. The van der Waals surface area contributed by atoms with Crippen molar-refractivity contribution in [3.8, 4) is 0 Å². The molecule has 0 aromatic carbocycles. The van der Waals surface area contributed by atoms with Crippen LogP contribution in [0.4, 0.5) is 0 Å². The summed E-state index contributed by atoms with van der Waals surface area (Å²) in [6.07, 6.45) is 0.432. The molecule has 1 rings (SSSR count). The number of rotatable bonds is 4. The van der Waals surface area contributed by atoms with E-state index in [1.54, 1.807) is 18.7 Å². The summed E-state index contributed by atoms with van der Waals surface area (Å²) in [5.41, 5.74) is 0. The van der Waals surface area contributed by atoms with Gasteiger partial charge in [0, 0.05) is 18.2 Å². The molecule has 0 heterocycles. The first-order valence-corrected chi connectivity index (χ1v) is 7.96. The third-order valence-corrected chi connectivity index (χ3v) is 4.15. The van der Waals surface area contributed by atoms with Crippen LogP contribution in [0.2, 0.25) is 0 Å². The highest BCUT2D eigenvalue weighted by Gasteiger charge is 2.38. The summed E-state index contributed by atoms with van der Waals surface area (Å²) in [6.45, 7) is 11.8. The molecule has 1 N–H and O–H groups in total. The lowest BCUT2D eigenvalue weighted by molar-refractivity contribution is -0.126. The molecule has 0 bridgehead atoms. The average Bonchev–Trinajstić information content (AvgIpc) is 2.68. The molecule has 3 atom stereocenters. The molecule has 4 heteroatoms. The Morgan fingerprint density at radius 2 is 1.78 bits per heavy atom. The second-order valence-electron chi connectivity index (χ2n) is 3.81. The molecule has 0 aliphatic heterocycles. The lowest BCUT2D eigenvalue weighted by Crippen LogP contribution is -2.26. The van der Waals surface area contributed by atoms with Gasteiger partial charge in [-0.3, -0.25) is 9.59 Å². The van der Waals surface area contributed by atoms with Crippen LogP contribution in [0.5, 0.6) is 0 Å². The van der Waals surface area contributed by atoms with Gasteiger partial charge >= 0.3 is 0 Å². The van der Waals surface area contributed by atoms with E-state index >= 15 is 0 Å². The first kappa shape index (κ1) is 20.0. The topological polar surface area (TPSA) is 46.2 Å². The molecule has 0 aromatic heterocycles. The Morgan fingerprint density at radius 1 is 1.28 bits per heavy atom. The van der Waals surface area contributed by atoms with Crippen molar-refractivity contribution in [2.45, 2.75) is 59.3 Å². The van der Waals surface area contributed by atoms with Crippen molar-refractivity contribution in [1.82, 2.24) is 5.32 Å². The normalized spacial score (nSPS) is 23.7. The third-order valence-electron chi connectivity index (χ3n) is 2.65. The molecule has 1 fully saturated rings. The standard InChI is InChI=1S/C10H17NO2S.2C2H6/c1-6(11-3)5-14-9-4-8(12)7(2)10(9)13;2*1-2/h6-7,9,11H,4-5H2,1-3H3;2*1-2H3. The fraction of sp³-hybridized carbons (Fsp3) is 0.857. The average molecular weight is 275 g/mol. The minimum Gasteiger partial charge on any atom is -0.316 e. The maximum Gasteiger partial charge on any atom is 0.156 e. The van der Waals surface area contributed by atoms with Gasteiger partial charge in [-0.1, -0.05) is 27.7 Å². The smallest absolute Gasteiger partial charge is 0.156 e. The van der Waals surface area contributed by atoms with E-state index in [-0.39, 0.29) is 22.7 Å². The Bertz CT molecular complexity index is 244. The van der Waals surface area contributed by atoms with Gasteiger partial charge in [-0.2, -0.15) is 0 Å². The van der Waals surface area contributed by atoms with Crippen LogP contribution in [0.1, 0.15) is 48.0 Å². The lowest BCUT2D eigenvalue weighted by Gasteiger charge is -2.12. The third kappa shape index (κ3) is 6.55. The Kier molecular flexibility index (Phi) is 13.0. The van der Waals surface area contributed by atoms with E-state index in [0.717, 1.165) is 5.75 Å². The van der Waals surface area contributed by atoms with Crippen LogP contribution >= 0.6 is 11.8 Å². The number of hydrogen-bond donors (Lipinski definition) is 1. The summed E-state index contributed by atoms with van der Waals surface area (Å²) in [6, 6.07) is 0.388. The van der Waals surface area contributed by atoms with E-state index < -0.39 is 0 Å². The number of ketones is 2. The first-order chi connectivity index (χ1) is 8.56. The van der Waals surface area contributed by atoms with Crippen LogP contribution < -0.4 is 5.32 Å². The molecule has 0 spiro atoms. The molecule has 1 saturated carbocycles. The maximum absolute atomic E-state index is 11.6. The Hall–Kier alpha value is -0.350. The second-order valence-corrected chi connectivity index (χ2v) is 5.04. The fourth-order valence-corrected chi connectivity index (χ4v) is 2.72. The number of nitrogens with one attached hydrogen (secondary N) is 1. The van der Waals surface area contributed by atoms with Crippen LogP contribution in [-0.4, -0.2) is 35.7 Å². The summed E-state index contributed by atoms with van der Waals surface area (Å²) in [5.74, 6) is 0.734. The largest absolute Gasteiger partial charge is 0.316 e. The van der Waals surface area contributed by atoms with Crippen LogP contribution in [0.15, 0.2) is 0 Å². The van der Waals surface area contributed by atoms with Crippen LogP contribution in [0, 0.1) is 5.92 Å². The minimum absolute atomic E-state index is 0.0895. The monoisotopic (exact) mass is 275 g/mol. The molecule has 108 valence electrons. The molecular formula is C14H29NO2S. The minimum atomic E-state index is -0.364. The van der Waals surface area contributed by atoms with E-state index in [1.165, 1.54) is 0 Å². The molecule has 0 amide bonds. The summed E-state index contributed by atoms with van der Waals surface area (Å²) in [7, 11) is 1.90. The summed E-state index contributed by atoms with van der Waals surface area (Å²) in [4.78, 5) is 22.8. The molecule has 0 radical (unpaired) electrons. The molecular weight excluding hydrogens is 246 g/mol. The predicted molar refractivity (Wildman–Crippen MR) is 81.3 cm³/mol. The molecule has 0 aromatic rings. The quantitative estimate of drug-likeness (QED) is 0.801. The Balaban J connectivity index is 0. The molecule has 0 saturated heterocycles. The maximum atomic E-state index is 11.6. The van der Waals surface area contributed by atoms with Gasteiger partial charge in [0.25, 0.3) is 0 Å². The van der Waals surface area contributed by atoms with Crippen LogP contribution in [0.3, 0.4) is 0 Å². The number of Topliss-reactive ketones (excluding diaryl/α,β-unsaturated/α-hetero) is 2. The van der Waals surface area contributed by atoms with Gasteiger partial charge < -0.3 is 5.32 Å². The predicted octanol–water partition coefficient (Wildman–Crippen LogP) is 2.93. The highest BCUT2D eigenvalue weighted by atomic mass is 32.2. The van der Waals surface area contributed by atoms with Gasteiger partial charge in [-0.25, -0.2) is 0 Å². The van der Waals surface area contributed by atoms with Crippen LogP contribution in [0.25, 0.3) is 0 Å². The molecule has 1 aliphatic carbocycles. The van der Waals surface area contributed by atoms with Crippen molar-refractivity contribution in [2.75, 3.05) is 12.8 Å². The van der Waals surface area contributed by atoms with Gasteiger partial charge in [0.1, 0.15) is 5.78 Å². The van der Waals surface area contributed by atoms with E-state index in [1.807, 2.05) is 34.7 Å². The van der Waals surface area contributed by atoms with E-state index in [0.29, 0.717) is 12.5 Å². The van der Waals surface area contributed by atoms with E-state index in [2.05, 4.69) is 12.2 Å². The van der Waals surface area contributed by atoms with Gasteiger partial charge in [-0.15, -0.1) is 11.8 Å². The zero-order chi connectivity index (χ0) is 14.7. The Labute approximate surface area is 116 Å². The fourth-order valence-electron chi connectivity index (χ4n) is 1.38. The van der Waals surface area contributed by atoms with Crippen LogP contribution in [-0.2, 0) is 9.59 Å². The SMILES string of the molecule is CC.CC.CNC(C)CSC1CC(=O)C(C)C1=O. The van der Waals surface area contributed by atoms with Crippen molar-refractivity contribution in [1.29, 1.82) is 0 Å². The van der Waals surface area contributed by atoms with Gasteiger partial charge in [0.05, 0.1) is 11.2 Å². The van der Waals surface area contributed by atoms with Crippen molar-refractivity contribution in [3.63, 3.8) is 0 Å². The van der Waals surface area contributed by atoms with Crippen molar-refractivity contribution in [3.05, 3.63) is 0 Å². The van der Waals surface area contributed by atoms with Gasteiger partial charge in [0.2, 0.25) is 0 Å². The summed E-state index contributed by atoms with van der Waals surface area (Å²) < 4.78 is 0. The van der Waals surface area contributed by atoms with Crippen molar-refractivity contribution >= 4 is 23.3 Å². The zero-order valence-corrected chi connectivity index (χ0v) is 13.7. The van der Waals surface area contributed by atoms with E-state index in [4.69, 9.17) is 0 Å². The number of carbonyl (C=O) groups excluding carboxylic acids is 2.